The molecule has 1 aliphatic rings. The van der Waals surface area contributed by atoms with E-state index in [2.05, 4.69) is 16.7 Å². The van der Waals surface area contributed by atoms with Gasteiger partial charge in [0.15, 0.2) is 0 Å². The summed E-state index contributed by atoms with van der Waals surface area (Å²) in [6.07, 6.45) is 3.33. The monoisotopic (exact) mass is 405 g/mol. The Morgan fingerprint density at radius 1 is 0.963 bits per heavy atom. The molecule has 2 amide bonds. The van der Waals surface area contributed by atoms with Crippen molar-refractivity contribution in [1.29, 1.82) is 0 Å². The van der Waals surface area contributed by atoms with Crippen LogP contribution in [0.2, 0.25) is 10.0 Å². The highest BCUT2D eigenvalue weighted by Gasteiger charge is 2.15. The molecule has 0 aromatic heterocycles. The van der Waals surface area contributed by atoms with Gasteiger partial charge in [-0.2, -0.15) is 0 Å². The number of hydrogen-bond acceptors (Lipinski definition) is 3. The Morgan fingerprint density at radius 2 is 1.59 bits per heavy atom. The van der Waals surface area contributed by atoms with Crippen LogP contribution >= 0.6 is 23.2 Å². The van der Waals surface area contributed by atoms with Crippen LogP contribution in [0, 0.1) is 0 Å². The maximum absolute atomic E-state index is 12.2. The minimum absolute atomic E-state index is 0.0408. The molecule has 0 atom stereocenters. The van der Waals surface area contributed by atoms with Gasteiger partial charge in [-0.25, -0.2) is 0 Å². The fourth-order valence-corrected chi connectivity index (χ4v) is 3.68. The molecule has 5 nitrogen and oxygen atoms in total. The summed E-state index contributed by atoms with van der Waals surface area (Å²) in [5.74, 6) is -0.461. The number of anilines is 2. The molecule has 0 bridgehead atoms. The molecule has 7 heteroatoms. The summed E-state index contributed by atoms with van der Waals surface area (Å²) >= 11 is 12.1. The highest BCUT2D eigenvalue weighted by atomic mass is 35.5. The van der Waals surface area contributed by atoms with E-state index in [-0.39, 0.29) is 24.9 Å². The Hall–Kier alpha value is -2.08. The van der Waals surface area contributed by atoms with Gasteiger partial charge >= 0.3 is 0 Å². The van der Waals surface area contributed by atoms with E-state index in [9.17, 15) is 9.59 Å². The van der Waals surface area contributed by atoms with E-state index in [0.717, 1.165) is 18.5 Å². The lowest BCUT2D eigenvalue weighted by Crippen LogP contribution is -2.36. The predicted molar refractivity (Wildman–Crippen MR) is 110 cm³/mol. The van der Waals surface area contributed by atoms with E-state index in [1.807, 2.05) is 12.1 Å². The number of fused-ring (bicyclic) bond motifs is 1. The van der Waals surface area contributed by atoms with Crippen LogP contribution in [0.5, 0.6) is 0 Å². The van der Waals surface area contributed by atoms with Crippen molar-refractivity contribution in [2.75, 3.05) is 30.8 Å². The zero-order chi connectivity index (χ0) is 19.4. The van der Waals surface area contributed by atoms with Gasteiger partial charge in [0.25, 0.3) is 0 Å². The Bertz CT molecular complexity index is 850. The van der Waals surface area contributed by atoms with Crippen LogP contribution in [-0.4, -0.2) is 36.9 Å². The summed E-state index contributed by atoms with van der Waals surface area (Å²) in [6.45, 7) is 0.139. The van der Waals surface area contributed by atoms with Crippen LogP contribution < -0.4 is 10.6 Å². The van der Waals surface area contributed by atoms with E-state index < -0.39 is 0 Å². The first-order valence-corrected chi connectivity index (χ1v) is 9.52. The lowest BCUT2D eigenvalue weighted by atomic mass is 10.1. The van der Waals surface area contributed by atoms with Gasteiger partial charge in [0, 0.05) is 5.69 Å². The Labute approximate surface area is 168 Å². The highest BCUT2D eigenvalue weighted by Crippen LogP contribution is 2.29. The number of halogens is 2. The van der Waals surface area contributed by atoms with Crippen molar-refractivity contribution in [3.05, 3.63) is 57.6 Å². The van der Waals surface area contributed by atoms with Crippen LogP contribution in [0.25, 0.3) is 0 Å². The van der Waals surface area contributed by atoms with Gasteiger partial charge in [-0.15, -0.1) is 0 Å². The molecule has 27 heavy (non-hydrogen) atoms. The molecule has 0 spiro atoms. The second-order valence-corrected chi connectivity index (χ2v) is 7.52. The normalized spacial score (nSPS) is 12.7. The highest BCUT2D eigenvalue weighted by molar-refractivity contribution is 6.39. The molecule has 0 heterocycles. The average Bonchev–Trinajstić information content (AvgIpc) is 3.05. The number of aryl methyl sites for hydroxylation is 2. The van der Waals surface area contributed by atoms with Crippen molar-refractivity contribution in [3.63, 3.8) is 0 Å². The minimum atomic E-state index is -0.294. The van der Waals surface area contributed by atoms with Gasteiger partial charge in [-0.05, 0) is 61.7 Å². The van der Waals surface area contributed by atoms with E-state index >= 15 is 0 Å². The molecule has 2 aromatic carbocycles. The summed E-state index contributed by atoms with van der Waals surface area (Å²) in [7, 11) is 1.70. The zero-order valence-electron chi connectivity index (χ0n) is 15.0. The van der Waals surface area contributed by atoms with Crippen LogP contribution in [-0.2, 0) is 22.4 Å². The summed E-state index contributed by atoms with van der Waals surface area (Å²) in [5, 5.41) is 6.31. The number of likely N-dealkylation sites (N-methyl/N-ethyl adjacent to an activating group) is 1. The summed E-state index contributed by atoms with van der Waals surface area (Å²) < 4.78 is 0. The van der Waals surface area contributed by atoms with Gasteiger partial charge in [-0.3, -0.25) is 14.5 Å². The predicted octanol–water partition coefficient (Wildman–Crippen LogP) is 3.99. The third-order valence-electron chi connectivity index (χ3n) is 4.44. The maximum atomic E-state index is 12.2. The lowest BCUT2D eigenvalue weighted by molar-refractivity contribution is -0.119. The van der Waals surface area contributed by atoms with Gasteiger partial charge in [-0.1, -0.05) is 35.3 Å². The maximum Gasteiger partial charge on any atom is 0.238 e. The average molecular weight is 406 g/mol. The number of amides is 2. The van der Waals surface area contributed by atoms with E-state index in [1.54, 1.807) is 30.1 Å². The molecule has 0 saturated heterocycles. The molecule has 2 N–H and O–H groups in total. The fourth-order valence-electron chi connectivity index (χ4n) is 3.19. The second-order valence-electron chi connectivity index (χ2n) is 6.70. The van der Waals surface area contributed by atoms with Gasteiger partial charge in [0.05, 0.1) is 28.8 Å². The summed E-state index contributed by atoms with van der Waals surface area (Å²) in [5.41, 5.74) is 3.83. The number of hydrogen-bond donors (Lipinski definition) is 2. The molecular formula is C20H21Cl2N3O2. The topological polar surface area (TPSA) is 61.4 Å². The molecule has 0 saturated carbocycles. The first-order valence-electron chi connectivity index (χ1n) is 8.76. The summed E-state index contributed by atoms with van der Waals surface area (Å²) in [6, 6.07) is 11.0. The van der Waals surface area contributed by atoms with Crippen molar-refractivity contribution >= 4 is 46.4 Å². The largest absolute Gasteiger partial charge is 0.325 e. The van der Waals surface area contributed by atoms with Crippen molar-refractivity contribution in [3.8, 4) is 0 Å². The smallest absolute Gasteiger partial charge is 0.238 e. The number of nitrogens with one attached hydrogen (secondary N) is 2. The van der Waals surface area contributed by atoms with E-state index in [4.69, 9.17) is 23.2 Å². The first-order chi connectivity index (χ1) is 12.9. The number of benzene rings is 2. The van der Waals surface area contributed by atoms with Crippen LogP contribution in [0.3, 0.4) is 0 Å². The second kappa shape index (κ2) is 8.74. The third-order valence-corrected chi connectivity index (χ3v) is 5.07. The summed E-state index contributed by atoms with van der Waals surface area (Å²) in [4.78, 5) is 26.1. The molecule has 0 radical (unpaired) electrons. The number of carbonyl (C=O) groups is 2. The Kier molecular flexibility index (Phi) is 6.37. The molecular weight excluding hydrogens is 385 g/mol. The quantitative estimate of drug-likeness (QED) is 0.763. The van der Waals surface area contributed by atoms with Crippen LogP contribution in [0.4, 0.5) is 11.4 Å². The van der Waals surface area contributed by atoms with Crippen molar-refractivity contribution in [2.45, 2.75) is 19.3 Å². The SMILES string of the molecule is CN(CC(=O)Nc1ccc2c(c1)CCC2)CC(=O)Nc1c(Cl)cccc1Cl. The van der Waals surface area contributed by atoms with E-state index in [1.165, 1.54) is 17.5 Å². The van der Waals surface area contributed by atoms with E-state index in [0.29, 0.717) is 15.7 Å². The Balaban J connectivity index is 1.50. The molecule has 0 unspecified atom stereocenters. The number of carbonyl (C=O) groups excluding carboxylic acids is 2. The van der Waals surface area contributed by atoms with Gasteiger partial charge < -0.3 is 10.6 Å². The molecule has 0 aliphatic heterocycles. The molecule has 3 rings (SSSR count). The number of nitrogens with zero attached hydrogens (tertiary/aromatic N) is 1. The molecule has 0 fully saturated rings. The number of rotatable bonds is 6. The van der Waals surface area contributed by atoms with Crippen molar-refractivity contribution < 1.29 is 9.59 Å². The van der Waals surface area contributed by atoms with Gasteiger partial charge in [0.2, 0.25) is 11.8 Å². The fraction of sp³-hybridized carbons (Fsp3) is 0.300. The third kappa shape index (κ3) is 5.22. The van der Waals surface area contributed by atoms with Crippen molar-refractivity contribution in [2.24, 2.45) is 0 Å². The Morgan fingerprint density at radius 3 is 2.30 bits per heavy atom. The standard InChI is InChI=1S/C20H21Cl2N3O2/c1-25(12-19(27)24-20-16(21)6-3-7-17(20)22)11-18(26)23-15-9-8-13-4-2-5-14(13)10-15/h3,6-10H,2,4-5,11-12H2,1H3,(H,23,26)(H,24,27). The van der Waals surface area contributed by atoms with Crippen LogP contribution in [0.15, 0.2) is 36.4 Å². The van der Waals surface area contributed by atoms with Crippen molar-refractivity contribution in [1.82, 2.24) is 4.90 Å². The minimum Gasteiger partial charge on any atom is -0.325 e. The molecule has 1 aliphatic carbocycles. The first kappa shape index (κ1) is 19.7. The zero-order valence-corrected chi connectivity index (χ0v) is 16.5. The molecule has 2 aromatic rings. The van der Waals surface area contributed by atoms with Gasteiger partial charge in [0.1, 0.15) is 0 Å². The number of para-hydroxylation sites is 1. The molecule has 142 valence electrons. The lowest BCUT2D eigenvalue weighted by Gasteiger charge is -2.17. The van der Waals surface area contributed by atoms with Crippen LogP contribution in [0.1, 0.15) is 17.5 Å².